The highest BCUT2D eigenvalue weighted by Crippen LogP contribution is 2.25. The summed E-state index contributed by atoms with van der Waals surface area (Å²) >= 11 is 3.65. The van der Waals surface area contributed by atoms with Crippen LogP contribution in [0.5, 0.6) is 5.75 Å². The first-order valence-corrected chi connectivity index (χ1v) is 8.10. The first-order chi connectivity index (χ1) is 9.51. The maximum atomic E-state index is 5.33. The summed E-state index contributed by atoms with van der Waals surface area (Å²) in [6.45, 7) is 9.98. The van der Waals surface area contributed by atoms with Gasteiger partial charge in [-0.3, -0.25) is 4.90 Å². The van der Waals surface area contributed by atoms with E-state index in [-0.39, 0.29) is 0 Å². The molecule has 2 atom stereocenters. The number of hydrogen-bond donors (Lipinski definition) is 1. The predicted octanol–water partition coefficient (Wildman–Crippen LogP) is 3.28. The van der Waals surface area contributed by atoms with Crippen molar-refractivity contribution in [1.82, 2.24) is 10.2 Å². The van der Waals surface area contributed by atoms with Crippen LogP contribution in [0.1, 0.15) is 26.3 Å². The van der Waals surface area contributed by atoms with Gasteiger partial charge < -0.3 is 10.1 Å². The quantitative estimate of drug-likeness (QED) is 0.910. The van der Waals surface area contributed by atoms with Crippen LogP contribution in [0.15, 0.2) is 22.7 Å². The summed E-state index contributed by atoms with van der Waals surface area (Å²) in [5, 5.41) is 3.64. The minimum Gasteiger partial charge on any atom is -0.497 e. The molecule has 0 amide bonds. The van der Waals surface area contributed by atoms with Crippen molar-refractivity contribution in [2.45, 2.75) is 39.4 Å². The van der Waals surface area contributed by atoms with Gasteiger partial charge in [-0.1, -0.05) is 29.8 Å². The summed E-state index contributed by atoms with van der Waals surface area (Å²) in [5.74, 6) is 1.59. The molecule has 0 spiro atoms. The molecule has 20 heavy (non-hydrogen) atoms. The van der Waals surface area contributed by atoms with Gasteiger partial charge in [0.05, 0.1) is 7.11 Å². The summed E-state index contributed by atoms with van der Waals surface area (Å²) in [4.78, 5) is 2.56. The highest BCUT2D eigenvalue weighted by molar-refractivity contribution is 9.10. The van der Waals surface area contributed by atoms with Crippen LogP contribution >= 0.6 is 15.9 Å². The van der Waals surface area contributed by atoms with Crippen molar-refractivity contribution in [2.75, 3.05) is 20.2 Å². The number of methoxy groups -OCH3 is 1. The van der Waals surface area contributed by atoms with Crippen LogP contribution in [-0.2, 0) is 6.54 Å². The zero-order valence-electron chi connectivity index (χ0n) is 12.8. The molecule has 0 aliphatic carbocycles. The summed E-state index contributed by atoms with van der Waals surface area (Å²) in [6.07, 6.45) is 0. The van der Waals surface area contributed by atoms with Gasteiger partial charge in [-0.15, -0.1) is 0 Å². The molecular formula is C16H25BrN2O. The van der Waals surface area contributed by atoms with Crippen LogP contribution in [0.2, 0.25) is 0 Å². The van der Waals surface area contributed by atoms with Crippen molar-refractivity contribution in [1.29, 1.82) is 0 Å². The second kappa shape index (κ2) is 6.92. The molecule has 112 valence electrons. The Morgan fingerprint density at radius 2 is 2.20 bits per heavy atom. The number of benzene rings is 1. The van der Waals surface area contributed by atoms with Crippen molar-refractivity contribution < 1.29 is 4.74 Å². The topological polar surface area (TPSA) is 24.5 Å². The van der Waals surface area contributed by atoms with E-state index in [1.165, 1.54) is 5.56 Å². The van der Waals surface area contributed by atoms with Crippen molar-refractivity contribution >= 4 is 15.9 Å². The molecule has 2 rings (SSSR count). The molecule has 1 heterocycles. The van der Waals surface area contributed by atoms with E-state index in [4.69, 9.17) is 4.74 Å². The third-order valence-electron chi connectivity index (χ3n) is 4.16. The maximum Gasteiger partial charge on any atom is 0.119 e. The van der Waals surface area contributed by atoms with Crippen LogP contribution < -0.4 is 10.1 Å². The van der Waals surface area contributed by atoms with E-state index in [2.05, 4.69) is 59.1 Å². The molecule has 1 N–H and O–H groups in total. The monoisotopic (exact) mass is 340 g/mol. The zero-order valence-corrected chi connectivity index (χ0v) is 14.4. The summed E-state index contributed by atoms with van der Waals surface area (Å²) in [6, 6.07) is 7.33. The van der Waals surface area contributed by atoms with Crippen molar-refractivity contribution in [3.05, 3.63) is 28.2 Å². The van der Waals surface area contributed by atoms with Gasteiger partial charge in [-0.2, -0.15) is 0 Å². The fourth-order valence-corrected chi connectivity index (χ4v) is 3.01. The lowest BCUT2D eigenvalue weighted by Gasteiger charge is -2.40. The molecule has 0 radical (unpaired) electrons. The normalized spacial score (nSPS) is 24.1. The molecule has 1 aromatic carbocycles. The Hall–Kier alpha value is -0.580. The maximum absolute atomic E-state index is 5.33. The molecule has 2 unspecified atom stereocenters. The minimum atomic E-state index is 0.558. The number of rotatable bonds is 4. The Morgan fingerprint density at radius 3 is 2.85 bits per heavy atom. The third kappa shape index (κ3) is 3.74. The van der Waals surface area contributed by atoms with E-state index in [1.54, 1.807) is 7.11 Å². The molecular weight excluding hydrogens is 316 g/mol. The number of piperazine rings is 1. The van der Waals surface area contributed by atoms with Crippen LogP contribution in [0.25, 0.3) is 0 Å². The lowest BCUT2D eigenvalue weighted by Crippen LogP contribution is -2.56. The number of nitrogens with zero attached hydrogens (tertiary/aromatic N) is 1. The number of ether oxygens (including phenoxy) is 1. The van der Waals surface area contributed by atoms with Gasteiger partial charge in [0.15, 0.2) is 0 Å². The van der Waals surface area contributed by atoms with E-state index >= 15 is 0 Å². The average molecular weight is 341 g/mol. The molecule has 0 aromatic heterocycles. The number of halogens is 1. The Bertz CT molecular complexity index is 450. The predicted molar refractivity (Wildman–Crippen MR) is 87.2 cm³/mol. The molecule has 4 heteroatoms. The Morgan fingerprint density at radius 1 is 1.45 bits per heavy atom. The van der Waals surface area contributed by atoms with E-state index in [9.17, 15) is 0 Å². The Labute approximate surface area is 130 Å². The Kier molecular flexibility index (Phi) is 5.47. The van der Waals surface area contributed by atoms with Crippen molar-refractivity contribution in [3.63, 3.8) is 0 Å². The first kappa shape index (κ1) is 15.8. The van der Waals surface area contributed by atoms with Gasteiger partial charge in [-0.25, -0.2) is 0 Å². The standard InChI is InChI=1S/C16H25BrN2O/c1-11(2)16-10-19(12(3)8-18-16)9-13-7-14(20-4)5-6-15(13)17/h5-7,11-12,16,18H,8-10H2,1-4H3. The highest BCUT2D eigenvalue weighted by Gasteiger charge is 2.27. The van der Waals surface area contributed by atoms with Gasteiger partial charge in [0, 0.05) is 36.2 Å². The van der Waals surface area contributed by atoms with Crippen LogP contribution in [0, 0.1) is 5.92 Å². The van der Waals surface area contributed by atoms with Gasteiger partial charge in [0.25, 0.3) is 0 Å². The third-order valence-corrected chi connectivity index (χ3v) is 4.93. The van der Waals surface area contributed by atoms with Crippen molar-refractivity contribution in [3.8, 4) is 5.75 Å². The second-order valence-corrected chi connectivity index (χ2v) is 6.85. The highest BCUT2D eigenvalue weighted by atomic mass is 79.9. The van der Waals surface area contributed by atoms with E-state index in [0.29, 0.717) is 18.0 Å². The molecule has 0 bridgehead atoms. The minimum absolute atomic E-state index is 0.558. The van der Waals surface area contributed by atoms with E-state index in [0.717, 1.165) is 29.9 Å². The van der Waals surface area contributed by atoms with Crippen LogP contribution in [-0.4, -0.2) is 37.2 Å². The van der Waals surface area contributed by atoms with Gasteiger partial charge in [0.2, 0.25) is 0 Å². The molecule has 1 saturated heterocycles. The lowest BCUT2D eigenvalue weighted by molar-refractivity contribution is 0.116. The summed E-state index contributed by atoms with van der Waals surface area (Å²) < 4.78 is 6.49. The molecule has 1 fully saturated rings. The van der Waals surface area contributed by atoms with Gasteiger partial charge in [-0.05, 0) is 36.6 Å². The smallest absolute Gasteiger partial charge is 0.119 e. The second-order valence-electron chi connectivity index (χ2n) is 5.99. The van der Waals surface area contributed by atoms with Crippen LogP contribution in [0.3, 0.4) is 0 Å². The SMILES string of the molecule is COc1ccc(Br)c(CN2CC(C(C)C)NCC2C)c1. The molecule has 1 aliphatic heterocycles. The lowest BCUT2D eigenvalue weighted by atomic mass is 9.99. The summed E-state index contributed by atoms with van der Waals surface area (Å²) in [7, 11) is 1.72. The summed E-state index contributed by atoms with van der Waals surface area (Å²) in [5.41, 5.74) is 1.29. The average Bonchev–Trinajstić information content (AvgIpc) is 2.43. The first-order valence-electron chi connectivity index (χ1n) is 7.31. The Balaban J connectivity index is 2.11. The van der Waals surface area contributed by atoms with Gasteiger partial charge in [0.1, 0.15) is 5.75 Å². The fraction of sp³-hybridized carbons (Fsp3) is 0.625. The molecule has 1 aromatic rings. The molecule has 3 nitrogen and oxygen atoms in total. The van der Waals surface area contributed by atoms with Crippen LogP contribution in [0.4, 0.5) is 0 Å². The van der Waals surface area contributed by atoms with E-state index < -0.39 is 0 Å². The van der Waals surface area contributed by atoms with E-state index in [1.807, 2.05) is 6.07 Å². The number of hydrogen-bond acceptors (Lipinski definition) is 3. The van der Waals surface area contributed by atoms with Gasteiger partial charge >= 0.3 is 0 Å². The molecule has 1 aliphatic rings. The molecule has 0 saturated carbocycles. The zero-order chi connectivity index (χ0) is 14.7. The fourth-order valence-electron chi connectivity index (χ4n) is 2.63. The van der Waals surface area contributed by atoms with Crippen molar-refractivity contribution in [2.24, 2.45) is 5.92 Å². The largest absolute Gasteiger partial charge is 0.497 e. The number of nitrogens with one attached hydrogen (secondary N) is 1.